The van der Waals surface area contributed by atoms with E-state index in [-0.39, 0.29) is 11.2 Å². The molecule has 0 bridgehead atoms. The quantitative estimate of drug-likeness (QED) is 0.716. The fourth-order valence-corrected chi connectivity index (χ4v) is 1.97. The first-order chi connectivity index (χ1) is 7.99. The van der Waals surface area contributed by atoms with Crippen LogP contribution in [-0.2, 0) is 20.6 Å². The summed E-state index contributed by atoms with van der Waals surface area (Å²) in [5.74, 6) is 0. The predicted octanol–water partition coefficient (Wildman–Crippen LogP) is -0.0666. The van der Waals surface area contributed by atoms with Gasteiger partial charge >= 0.3 is 5.69 Å². The van der Waals surface area contributed by atoms with Crippen LogP contribution in [0.4, 0.5) is 0 Å². The number of rotatable bonds is 2. The van der Waals surface area contributed by atoms with E-state index in [0.717, 1.165) is 8.14 Å². The molecule has 0 saturated carbocycles. The molecule has 0 atom stereocenters. The first-order valence-corrected chi connectivity index (χ1v) is 6.01. The van der Waals surface area contributed by atoms with Crippen LogP contribution in [0.5, 0.6) is 0 Å². The van der Waals surface area contributed by atoms with Crippen LogP contribution in [0, 0.1) is 3.57 Å². The van der Waals surface area contributed by atoms with Crippen LogP contribution in [0.25, 0.3) is 0 Å². The van der Waals surface area contributed by atoms with Crippen molar-refractivity contribution in [3.63, 3.8) is 0 Å². The highest BCUT2D eigenvalue weighted by atomic mass is 127. The molecule has 6 nitrogen and oxygen atoms in total. The topological polar surface area (TPSA) is 61.8 Å². The molecule has 0 aliphatic carbocycles. The molecule has 7 heteroatoms. The molecule has 0 aliphatic heterocycles. The molecule has 2 aromatic rings. The van der Waals surface area contributed by atoms with Gasteiger partial charge in [-0.2, -0.15) is 5.10 Å². The van der Waals surface area contributed by atoms with Crippen molar-refractivity contribution in [1.29, 1.82) is 0 Å². The second-order valence-corrected chi connectivity index (χ2v) is 4.98. The average Bonchev–Trinajstić information content (AvgIpc) is 2.69. The van der Waals surface area contributed by atoms with E-state index in [9.17, 15) is 9.59 Å². The van der Waals surface area contributed by atoms with Gasteiger partial charge in [-0.3, -0.25) is 18.6 Å². The summed E-state index contributed by atoms with van der Waals surface area (Å²) in [4.78, 5) is 23.2. The van der Waals surface area contributed by atoms with Crippen LogP contribution >= 0.6 is 22.6 Å². The summed E-state index contributed by atoms with van der Waals surface area (Å²) >= 11 is 2.15. The maximum Gasteiger partial charge on any atom is 0.330 e. The molecular weight excluding hydrogens is 335 g/mol. The number of aromatic nitrogens is 4. The Balaban J connectivity index is 2.47. The molecule has 17 heavy (non-hydrogen) atoms. The minimum Gasteiger partial charge on any atom is -0.299 e. The van der Waals surface area contributed by atoms with E-state index in [1.165, 1.54) is 17.7 Å². The summed E-state index contributed by atoms with van der Waals surface area (Å²) in [7, 11) is 3.11. The largest absolute Gasteiger partial charge is 0.330 e. The summed E-state index contributed by atoms with van der Waals surface area (Å²) < 4.78 is 5.24. The van der Waals surface area contributed by atoms with E-state index >= 15 is 0 Å². The van der Waals surface area contributed by atoms with E-state index < -0.39 is 0 Å². The molecule has 0 radical (unpaired) electrons. The number of halogens is 1. The molecule has 0 aromatic carbocycles. The summed E-state index contributed by atoms with van der Waals surface area (Å²) in [6, 6.07) is 1.45. The van der Waals surface area contributed by atoms with Gasteiger partial charge in [0.1, 0.15) is 0 Å². The van der Waals surface area contributed by atoms with Crippen LogP contribution in [0.2, 0.25) is 0 Å². The lowest BCUT2D eigenvalue weighted by Gasteiger charge is -2.09. The molecule has 0 saturated heterocycles. The maximum atomic E-state index is 11.7. The summed E-state index contributed by atoms with van der Waals surface area (Å²) in [6.07, 6.45) is 3.57. The third kappa shape index (κ3) is 2.33. The van der Waals surface area contributed by atoms with Crippen molar-refractivity contribution >= 4 is 22.6 Å². The Morgan fingerprint density at radius 1 is 1.29 bits per heavy atom. The standard InChI is InChI=1S/C10H11IN4O2/c1-13-8(3-9(16)14(2)10(13)17)6-15-5-7(11)4-12-15/h3-5H,6H2,1-2H3. The minimum absolute atomic E-state index is 0.301. The Morgan fingerprint density at radius 3 is 2.59 bits per heavy atom. The molecule has 2 rings (SSSR count). The van der Waals surface area contributed by atoms with Crippen molar-refractivity contribution in [3.8, 4) is 0 Å². The van der Waals surface area contributed by atoms with Crippen molar-refractivity contribution < 1.29 is 0 Å². The van der Waals surface area contributed by atoms with Gasteiger partial charge in [-0.05, 0) is 22.6 Å². The van der Waals surface area contributed by atoms with Crippen LogP contribution in [-0.4, -0.2) is 18.9 Å². The molecule has 0 spiro atoms. The molecule has 2 aromatic heterocycles. The lowest BCUT2D eigenvalue weighted by molar-refractivity contribution is 0.596. The Morgan fingerprint density at radius 2 is 2.00 bits per heavy atom. The predicted molar refractivity (Wildman–Crippen MR) is 71.0 cm³/mol. The van der Waals surface area contributed by atoms with Crippen molar-refractivity contribution in [1.82, 2.24) is 18.9 Å². The lowest BCUT2D eigenvalue weighted by atomic mass is 10.4. The maximum absolute atomic E-state index is 11.7. The zero-order valence-electron chi connectivity index (χ0n) is 9.42. The first-order valence-electron chi connectivity index (χ1n) is 4.93. The average molecular weight is 346 g/mol. The van der Waals surface area contributed by atoms with Gasteiger partial charge in [0.15, 0.2) is 0 Å². The van der Waals surface area contributed by atoms with Gasteiger partial charge in [0.2, 0.25) is 0 Å². The van der Waals surface area contributed by atoms with Gasteiger partial charge in [-0.25, -0.2) is 4.79 Å². The van der Waals surface area contributed by atoms with Crippen LogP contribution in [0.15, 0.2) is 28.0 Å². The number of nitrogens with zero attached hydrogens (tertiary/aromatic N) is 4. The Kier molecular flexibility index (Phi) is 3.18. The van der Waals surface area contributed by atoms with Gasteiger partial charge in [0.25, 0.3) is 5.56 Å². The van der Waals surface area contributed by atoms with Gasteiger partial charge in [-0.15, -0.1) is 0 Å². The van der Waals surface area contributed by atoms with Gasteiger partial charge in [-0.1, -0.05) is 0 Å². The highest BCUT2D eigenvalue weighted by Crippen LogP contribution is 2.03. The molecule has 90 valence electrons. The lowest BCUT2D eigenvalue weighted by Crippen LogP contribution is -2.38. The Bertz CT molecular complexity index is 668. The van der Waals surface area contributed by atoms with E-state index in [4.69, 9.17) is 0 Å². The molecule has 0 unspecified atom stereocenters. The van der Waals surface area contributed by atoms with Gasteiger partial charge in [0, 0.05) is 32.1 Å². The van der Waals surface area contributed by atoms with E-state index in [1.54, 1.807) is 17.9 Å². The normalized spacial score (nSPS) is 10.8. The highest BCUT2D eigenvalue weighted by Gasteiger charge is 2.06. The third-order valence-corrected chi connectivity index (χ3v) is 3.11. The van der Waals surface area contributed by atoms with Gasteiger partial charge < -0.3 is 0 Å². The third-order valence-electron chi connectivity index (χ3n) is 2.55. The fraction of sp³-hybridized carbons (Fsp3) is 0.300. The second-order valence-electron chi connectivity index (χ2n) is 3.73. The van der Waals surface area contributed by atoms with Gasteiger partial charge in [0.05, 0.1) is 16.3 Å². The zero-order valence-corrected chi connectivity index (χ0v) is 11.6. The monoisotopic (exact) mass is 346 g/mol. The number of hydrogen-bond donors (Lipinski definition) is 0. The Labute approximate surface area is 111 Å². The molecule has 0 amide bonds. The summed E-state index contributed by atoms with van der Waals surface area (Å²) in [6.45, 7) is 0.408. The van der Waals surface area contributed by atoms with Crippen molar-refractivity contribution in [2.75, 3.05) is 0 Å². The van der Waals surface area contributed by atoms with E-state index in [0.29, 0.717) is 12.2 Å². The molecule has 0 N–H and O–H groups in total. The van der Waals surface area contributed by atoms with Crippen LogP contribution in [0.1, 0.15) is 5.69 Å². The summed E-state index contributed by atoms with van der Waals surface area (Å²) in [5, 5.41) is 4.12. The van der Waals surface area contributed by atoms with E-state index in [1.807, 2.05) is 6.20 Å². The van der Waals surface area contributed by atoms with Crippen molar-refractivity contribution in [3.05, 3.63) is 48.6 Å². The smallest absolute Gasteiger partial charge is 0.299 e. The van der Waals surface area contributed by atoms with Crippen molar-refractivity contribution in [2.24, 2.45) is 14.1 Å². The molecule has 0 fully saturated rings. The minimum atomic E-state index is -0.325. The van der Waals surface area contributed by atoms with Crippen LogP contribution in [0.3, 0.4) is 0 Å². The molecule has 0 aliphatic rings. The SMILES string of the molecule is Cn1c(Cn2cc(I)cn2)cc(=O)n(C)c1=O. The highest BCUT2D eigenvalue weighted by molar-refractivity contribution is 14.1. The zero-order chi connectivity index (χ0) is 12.6. The molecular formula is C10H11IN4O2. The van der Waals surface area contributed by atoms with Crippen molar-refractivity contribution in [2.45, 2.75) is 6.54 Å². The van der Waals surface area contributed by atoms with E-state index in [2.05, 4.69) is 27.7 Å². The fourth-order valence-electron chi connectivity index (χ4n) is 1.52. The number of hydrogen-bond acceptors (Lipinski definition) is 3. The summed E-state index contributed by atoms with van der Waals surface area (Å²) in [5.41, 5.74) is 0.0110. The second kappa shape index (κ2) is 4.47. The first kappa shape index (κ1) is 12.1. The van der Waals surface area contributed by atoms with Crippen LogP contribution < -0.4 is 11.2 Å². The Hall–Kier alpha value is -1.38. The molecule has 2 heterocycles.